The van der Waals surface area contributed by atoms with Crippen molar-refractivity contribution in [2.24, 2.45) is 23.5 Å². The maximum atomic E-state index is 13.2. The lowest BCUT2D eigenvalue weighted by atomic mass is 9.76. The fourth-order valence-electron chi connectivity index (χ4n) is 4.95. The summed E-state index contributed by atoms with van der Waals surface area (Å²) in [5.41, 5.74) is 6.35. The molecule has 1 saturated carbocycles. The van der Waals surface area contributed by atoms with Crippen LogP contribution in [0.3, 0.4) is 0 Å². The summed E-state index contributed by atoms with van der Waals surface area (Å²) < 4.78 is 0. The third-order valence-electron chi connectivity index (χ3n) is 6.80. The molecule has 4 rings (SSSR count). The Kier molecular flexibility index (Phi) is 6.48. The molecule has 3 aliphatic rings. The van der Waals surface area contributed by atoms with Gasteiger partial charge in [0.15, 0.2) is 5.11 Å². The standard InChI is InChI=1S/C22H27ClN4O3S/c23-16-4-1-13(2-5-16)12-27-21(30)17-6-3-15(11-18(17)25-22(27)31)20(29)26-9-7-14(8-10-26)19(24)28/h1-2,4-5,14-15,17-18H,3,6-12H2,(H2,24,28)(H,25,31). The van der Waals surface area contributed by atoms with Crippen molar-refractivity contribution >= 4 is 46.7 Å². The van der Waals surface area contributed by atoms with Crippen molar-refractivity contribution < 1.29 is 14.4 Å². The first kappa shape index (κ1) is 22.0. The molecule has 166 valence electrons. The summed E-state index contributed by atoms with van der Waals surface area (Å²) in [7, 11) is 0. The SMILES string of the molecule is NC(=O)C1CCN(C(=O)C2CCC3C(=O)N(Cc4ccc(Cl)cc4)C(=S)NC3C2)CC1. The molecular weight excluding hydrogens is 436 g/mol. The molecule has 0 aromatic heterocycles. The number of halogens is 1. The number of likely N-dealkylation sites (tertiary alicyclic amines) is 1. The maximum Gasteiger partial charge on any atom is 0.234 e. The molecule has 2 saturated heterocycles. The van der Waals surface area contributed by atoms with Crippen molar-refractivity contribution in [3.05, 3.63) is 34.9 Å². The number of carbonyl (C=O) groups is 3. The van der Waals surface area contributed by atoms with Crippen LogP contribution in [0.2, 0.25) is 5.02 Å². The predicted octanol–water partition coefficient (Wildman–Crippen LogP) is 2.07. The first-order valence-corrected chi connectivity index (χ1v) is 11.6. The molecule has 0 bridgehead atoms. The largest absolute Gasteiger partial charge is 0.369 e. The van der Waals surface area contributed by atoms with E-state index in [1.165, 1.54) is 0 Å². The summed E-state index contributed by atoms with van der Waals surface area (Å²) in [5, 5.41) is 4.38. The number of amides is 3. The lowest BCUT2D eigenvalue weighted by molar-refractivity contribution is -0.143. The topological polar surface area (TPSA) is 95.7 Å². The van der Waals surface area contributed by atoms with Crippen molar-refractivity contribution in [2.45, 2.75) is 44.7 Å². The summed E-state index contributed by atoms with van der Waals surface area (Å²) in [4.78, 5) is 41.0. The minimum Gasteiger partial charge on any atom is -0.369 e. The van der Waals surface area contributed by atoms with E-state index in [-0.39, 0.29) is 41.5 Å². The number of fused-ring (bicyclic) bond motifs is 1. The summed E-state index contributed by atoms with van der Waals surface area (Å²) >= 11 is 11.4. The van der Waals surface area contributed by atoms with E-state index in [1.807, 2.05) is 17.0 Å². The first-order chi connectivity index (χ1) is 14.8. The average molecular weight is 463 g/mol. The van der Waals surface area contributed by atoms with Gasteiger partial charge in [0.25, 0.3) is 0 Å². The van der Waals surface area contributed by atoms with Crippen LogP contribution in [-0.2, 0) is 20.9 Å². The van der Waals surface area contributed by atoms with Crippen molar-refractivity contribution in [3.8, 4) is 0 Å². The van der Waals surface area contributed by atoms with Crippen LogP contribution in [0, 0.1) is 17.8 Å². The van der Waals surface area contributed by atoms with E-state index in [1.54, 1.807) is 17.0 Å². The Labute approximate surface area is 192 Å². The number of nitrogens with zero attached hydrogens (tertiary/aromatic N) is 2. The Morgan fingerprint density at radius 1 is 1.10 bits per heavy atom. The van der Waals surface area contributed by atoms with Gasteiger partial charge in [-0.1, -0.05) is 23.7 Å². The van der Waals surface area contributed by atoms with Crippen LogP contribution < -0.4 is 11.1 Å². The number of thiocarbonyl (C=S) groups is 1. The summed E-state index contributed by atoms with van der Waals surface area (Å²) in [5.74, 6) is -0.585. The molecule has 31 heavy (non-hydrogen) atoms. The third kappa shape index (κ3) is 4.70. The Morgan fingerprint density at radius 3 is 2.42 bits per heavy atom. The lowest BCUT2D eigenvalue weighted by Crippen LogP contribution is -2.61. The van der Waals surface area contributed by atoms with E-state index in [0.29, 0.717) is 61.9 Å². The van der Waals surface area contributed by atoms with E-state index in [9.17, 15) is 14.4 Å². The van der Waals surface area contributed by atoms with Crippen LogP contribution in [0.25, 0.3) is 0 Å². The van der Waals surface area contributed by atoms with Crippen LogP contribution in [0.5, 0.6) is 0 Å². The summed E-state index contributed by atoms with van der Waals surface area (Å²) in [6.07, 6.45) is 3.19. The molecule has 9 heteroatoms. The molecule has 7 nitrogen and oxygen atoms in total. The minimum atomic E-state index is -0.283. The Balaban J connectivity index is 1.36. The van der Waals surface area contributed by atoms with Crippen molar-refractivity contribution in [1.29, 1.82) is 0 Å². The normalized spacial score (nSPS) is 26.9. The fourth-order valence-corrected chi connectivity index (χ4v) is 5.38. The second kappa shape index (κ2) is 9.12. The zero-order valence-corrected chi connectivity index (χ0v) is 18.8. The second-order valence-corrected chi connectivity index (χ2v) is 9.55. The van der Waals surface area contributed by atoms with Gasteiger partial charge in [-0.05, 0) is 62.0 Å². The van der Waals surface area contributed by atoms with Crippen LogP contribution in [-0.4, -0.2) is 51.8 Å². The highest BCUT2D eigenvalue weighted by atomic mass is 35.5. The zero-order chi connectivity index (χ0) is 22.1. The van der Waals surface area contributed by atoms with Crippen LogP contribution in [0.1, 0.15) is 37.7 Å². The quantitative estimate of drug-likeness (QED) is 0.668. The number of benzene rings is 1. The Morgan fingerprint density at radius 2 is 1.77 bits per heavy atom. The monoisotopic (exact) mass is 462 g/mol. The van der Waals surface area contributed by atoms with E-state index in [4.69, 9.17) is 29.6 Å². The van der Waals surface area contributed by atoms with Crippen LogP contribution in [0.15, 0.2) is 24.3 Å². The number of hydrogen-bond acceptors (Lipinski definition) is 4. The highest BCUT2D eigenvalue weighted by Gasteiger charge is 2.45. The molecule has 3 N–H and O–H groups in total. The second-order valence-electron chi connectivity index (χ2n) is 8.73. The number of nitrogens with two attached hydrogens (primary N) is 1. The van der Waals surface area contributed by atoms with Gasteiger partial charge in [-0.2, -0.15) is 0 Å². The Hall–Kier alpha value is -2.19. The van der Waals surface area contributed by atoms with Gasteiger partial charge in [-0.15, -0.1) is 0 Å². The Bertz CT molecular complexity index is 885. The molecule has 2 heterocycles. The highest BCUT2D eigenvalue weighted by Crippen LogP contribution is 2.35. The van der Waals surface area contributed by atoms with Crippen molar-refractivity contribution in [1.82, 2.24) is 15.1 Å². The minimum absolute atomic E-state index is 0.0249. The van der Waals surface area contributed by atoms with Gasteiger partial charge in [0, 0.05) is 36.0 Å². The molecule has 1 aromatic carbocycles. The molecule has 1 aromatic rings. The van der Waals surface area contributed by atoms with E-state index in [0.717, 1.165) is 5.56 Å². The number of primary amides is 1. The molecular formula is C22H27ClN4O3S. The molecule has 2 aliphatic heterocycles. The van der Waals surface area contributed by atoms with Gasteiger partial charge in [-0.3, -0.25) is 19.3 Å². The molecule has 0 spiro atoms. The number of piperidine rings is 1. The smallest absolute Gasteiger partial charge is 0.234 e. The molecule has 0 radical (unpaired) electrons. The number of carbonyl (C=O) groups excluding carboxylic acids is 3. The van der Waals surface area contributed by atoms with Gasteiger partial charge < -0.3 is 16.0 Å². The van der Waals surface area contributed by atoms with Gasteiger partial charge >= 0.3 is 0 Å². The molecule has 3 amide bonds. The average Bonchev–Trinajstić information content (AvgIpc) is 2.77. The van der Waals surface area contributed by atoms with Gasteiger partial charge in [0.1, 0.15) is 0 Å². The number of rotatable bonds is 4. The molecule has 1 aliphatic carbocycles. The molecule has 3 unspecified atom stereocenters. The first-order valence-electron chi connectivity index (χ1n) is 10.8. The lowest BCUT2D eigenvalue weighted by Gasteiger charge is -2.44. The van der Waals surface area contributed by atoms with Gasteiger partial charge in [0.05, 0.1) is 12.5 Å². The van der Waals surface area contributed by atoms with Crippen LogP contribution >= 0.6 is 23.8 Å². The van der Waals surface area contributed by atoms with E-state index in [2.05, 4.69) is 5.32 Å². The maximum absolute atomic E-state index is 13.2. The number of hydrogen-bond donors (Lipinski definition) is 2. The summed E-state index contributed by atoms with van der Waals surface area (Å²) in [6, 6.07) is 7.26. The van der Waals surface area contributed by atoms with E-state index < -0.39 is 0 Å². The van der Waals surface area contributed by atoms with Crippen molar-refractivity contribution in [3.63, 3.8) is 0 Å². The number of nitrogens with one attached hydrogen (secondary N) is 1. The highest BCUT2D eigenvalue weighted by molar-refractivity contribution is 7.80. The van der Waals surface area contributed by atoms with Crippen LogP contribution in [0.4, 0.5) is 0 Å². The summed E-state index contributed by atoms with van der Waals surface area (Å²) in [6.45, 7) is 1.54. The van der Waals surface area contributed by atoms with E-state index >= 15 is 0 Å². The zero-order valence-electron chi connectivity index (χ0n) is 17.3. The fraction of sp³-hybridized carbons (Fsp3) is 0.545. The predicted molar refractivity (Wildman–Crippen MR) is 121 cm³/mol. The molecule has 3 fully saturated rings. The van der Waals surface area contributed by atoms with Crippen molar-refractivity contribution in [2.75, 3.05) is 13.1 Å². The van der Waals surface area contributed by atoms with Gasteiger partial charge in [0.2, 0.25) is 17.7 Å². The molecule has 3 atom stereocenters. The third-order valence-corrected chi connectivity index (χ3v) is 7.39. The van der Waals surface area contributed by atoms with Gasteiger partial charge in [-0.25, -0.2) is 0 Å².